The molecular formula is C13H16Cl2O3. The monoisotopic (exact) mass is 290 g/mol. The molecule has 0 heterocycles. The van der Waals surface area contributed by atoms with E-state index in [4.69, 9.17) is 33.0 Å². The Labute approximate surface area is 117 Å². The maximum Gasteiger partial charge on any atom is 0.303 e. The van der Waals surface area contributed by atoms with E-state index in [0.717, 1.165) is 5.56 Å². The largest absolute Gasteiger partial charge is 0.492 e. The van der Waals surface area contributed by atoms with Crippen molar-refractivity contribution in [3.8, 4) is 5.75 Å². The lowest BCUT2D eigenvalue weighted by Gasteiger charge is -2.19. The van der Waals surface area contributed by atoms with E-state index in [-0.39, 0.29) is 12.3 Å². The maximum atomic E-state index is 10.9. The van der Waals surface area contributed by atoms with Gasteiger partial charge in [-0.2, -0.15) is 0 Å². The van der Waals surface area contributed by atoms with Gasteiger partial charge in [0.25, 0.3) is 0 Å². The molecule has 1 aromatic carbocycles. The number of ether oxygens (including phenoxy) is 1. The van der Waals surface area contributed by atoms with Crippen molar-refractivity contribution < 1.29 is 14.6 Å². The first-order chi connectivity index (χ1) is 8.49. The summed E-state index contributed by atoms with van der Waals surface area (Å²) in [7, 11) is 0. The number of aliphatic carboxylic acids is 1. The summed E-state index contributed by atoms with van der Waals surface area (Å²) in [5.74, 6) is -0.461. The average molecular weight is 291 g/mol. The zero-order valence-electron chi connectivity index (χ0n) is 10.4. The van der Waals surface area contributed by atoms with Gasteiger partial charge < -0.3 is 9.84 Å². The highest BCUT2D eigenvalue weighted by atomic mass is 35.5. The Balaban J connectivity index is 3.21. The molecule has 0 fully saturated rings. The molecule has 100 valence electrons. The van der Waals surface area contributed by atoms with Crippen LogP contribution in [0.4, 0.5) is 0 Å². The smallest absolute Gasteiger partial charge is 0.303 e. The molecule has 5 heteroatoms. The fraction of sp³-hybridized carbons (Fsp3) is 0.462. The summed E-state index contributed by atoms with van der Waals surface area (Å²) in [4.78, 5) is 10.9. The fourth-order valence-electron chi connectivity index (χ4n) is 1.87. The van der Waals surface area contributed by atoms with E-state index >= 15 is 0 Å². The molecule has 0 aliphatic carbocycles. The van der Waals surface area contributed by atoms with Crippen molar-refractivity contribution in [2.75, 3.05) is 6.61 Å². The highest BCUT2D eigenvalue weighted by molar-refractivity contribution is 6.35. The molecule has 1 aromatic rings. The summed E-state index contributed by atoms with van der Waals surface area (Å²) in [5, 5.41) is 9.84. The van der Waals surface area contributed by atoms with Crippen LogP contribution in [0.2, 0.25) is 10.0 Å². The molecule has 0 amide bonds. The third kappa shape index (κ3) is 3.79. The second-order valence-electron chi connectivity index (χ2n) is 3.94. The van der Waals surface area contributed by atoms with E-state index in [2.05, 4.69) is 0 Å². The predicted molar refractivity (Wildman–Crippen MR) is 72.9 cm³/mol. The van der Waals surface area contributed by atoms with Crippen LogP contribution in [0.5, 0.6) is 5.75 Å². The Morgan fingerprint density at radius 1 is 1.39 bits per heavy atom. The quantitative estimate of drug-likeness (QED) is 0.847. The minimum Gasteiger partial charge on any atom is -0.492 e. The molecule has 0 radical (unpaired) electrons. The van der Waals surface area contributed by atoms with Gasteiger partial charge in [-0.25, -0.2) is 0 Å². The summed E-state index contributed by atoms with van der Waals surface area (Å²) in [6.07, 6.45) is 0.719. The number of carboxylic acids is 1. The van der Waals surface area contributed by atoms with Crippen molar-refractivity contribution in [3.63, 3.8) is 0 Å². The molecule has 18 heavy (non-hydrogen) atoms. The van der Waals surface area contributed by atoms with Gasteiger partial charge >= 0.3 is 5.97 Å². The lowest BCUT2D eigenvalue weighted by molar-refractivity contribution is -0.137. The lowest BCUT2D eigenvalue weighted by Crippen LogP contribution is -2.08. The minimum absolute atomic E-state index is 0.0350. The maximum absolute atomic E-state index is 10.9. The third-order valence-electron chi connectivity index (χ3n) is 2.68. The van der Waals surface area contributed by atoms with Crippen molar-refractivity contribution in [1.29, 1.82) is 0 Å². The second kappa shape index (κ2) is 6.86. The van der Waals surface area contributed by atoms with Crippen LogP contribution in [0.3, 0.4) is 0 Å². The minimum atomic E-state index is -0.847. The van der Waals surface area contributed by atoms with Crippen LogP contribution in [0.1, 0.15) is 38.2 Å². The normalized spacial score (nSPS) is 12.2. The number of rotatable bonds is 6. The van der Waals surface area contributed by atoms with Crippen LogP contribution in [-0.4, -0.2) is 17.7 Å². The van der Waals surface area contributed by atoms with Crippen LogP contribution in [-0.2, 0) is 4.79 Å². The van der Waals surface area contributed by atoms with Gasteiger partial charge in [-0.3, -0.25) is 4.79 Å². The van der Waals surface area contributed by atoms with Crippen LogP contribution in [0.25, 0.3) is 0 Å². The average Bonchev–Trinajstić information content (AvgIpc) is 2.29. The van der Waals surface area contributed by atoms with E-state index in [0.29, 0.717) is 28.8 Å². The first-order valence-electron chi connectivity index (χ1n) is 5.83. The van der Waals surface area contributed by atoms with Gasteiger partial charge in [0.2, 0.25) is 0 Å². The zero-order valence-corrected chi connectivity index (χ0v) is 11.9. The molecule has 0 aliphatic heterocycles. The number of carbonyl (C=O) groups is 1. The first kappa shape index (κ1) is 15.1. The summed E-state index contributed by atoms with van der Waals surface area (Å²) in [6, 6.07) is 3.33. The van der Waals surface area contributed by atoms with Crippen LogP contribution in [0.15, 0.2) is 12.1 Å². The summed E-state index contributed by atoms with van der Waals surface area (Å²) in [5.41, 5.74) is 0.763. The molecule has 0 spiro atoms. The van der Waals surface area contributed by atoms with E-state index in [1.165, 1.54) is 0 Å². The van der Waals surface area contributed by atoms with Gasteiger partial charge in [0.1, 0.15) is 5.75 Å². The topological polar surface area (TPSA) is 46.5 Å². The van der Waals surface area contributed by atoms with Crippen molar-refractivity contribution in [1.82, 2.24) is 0 Å². The van der Waals surface area contributed by atoms with E-state index < -0.39 is 5.97 Å². The molecule has 1 rings (SSSR count). The van der Waals surface area contributed by atoms with Gasteiger partial charge in [-0.15, -0.1) is 0 Å². The summed E-state index contributed by atoms with van der Waals surface area (Å²) >= 11 is 12.1. The molecule has 0 aliphatic rings. The van der Waals surface area contributed by atoms with Crippen molar-refractivity contribution >= 4 is 29.2 Å². The molecule has 0 aromatic heterocycles. The van der Waals surface area contributed by atoms with Crippen LogP contribution < -0.4 is 4.74 Å². The van der Waals surface area contributed by atoms with Gasteiger partial charge in [-0.1, -0.05) is 30.1 Å². The Bertz CT molecular complexity index is 432. The Morgan fingerprint density at radius 2 is 2.06 bits per heavy atom. The molecule has 0 saturated heterocycles. The SMILES string of the molecule is CCOc1c(Cl)cc(Cl)cc1C(CC)CC(=O)O. The Morgan fingerprint density at radius 3 is 2.56 bits per heavy atom. The molecule has 1 unspecified atom stereocenters. The molecule has 3 nitrogen and oxygen atoms in total. The highest BCUT2D eigenvalue weighted by Crippen LogP contribution is 2.39. The van der Waals surface area contributed by atoms with Gasteiger partial charge in [0.15, 0.2) is 0 Å². The number of hydrogen-bond acceptors (Lipinski definition) is 2. The van der Waals surface area contributed by atoms with Gasteiger partial charge in [0.05, 0.1) is 18.1 Å². The lowest BCUT2D eigenvalue weighted by atomic mass is 9.92. The molecule has 0 bridgehead atoms. The zero-order chi connectivity index (χ0) is 13.7. The van der Waals surface area contributed by atoms with Crippen LogP contribution in [0, 0.1) is 0 Å². The van der Waals surface area contributed by atoms with E-state index in [1.807, 2.05) is 13.8 Å². The Kier molecular flexibility index (Phi) is 5.76. The third-order valence-corrected chi connectivity index (χ3v) is 3.18. The molecule has 0 saturated carbocycles. The number of benzene rings is 1. The molecular weight excluding hydrogens is 275 g/mol. The highest BCUT2D eigenvalue weighted by Gasteiger charge is 2.20. The molecule has 1 atom stereocenters. The number of hydrogen-bond donors (Lipinski definition) is 1. The van der Waals surface area contributed by atoms with Gasteiger partial charge in [0, 0.05) is 10.6 Å². The standard InChI is InChI=1S/C13H16Cl2O3/c1-3-8(5-12(16)17)10-6-9(14)7-11(15)13(10)18-4-2/h6-8H,3-5H2,1-2H3,(H,16,17). The van der Waals surface area contributed by atoms with E-state index in [1.54, 1.807) is 12.1 Å². The Hall–Kier alpha value is -0.930. The second-order valence-corrected chi connectivity index (χ2v) is 4.79. The molecule has 1 N–H and O–H groups in total. The summed E-state index contributed by atoms with van der Waals surface area (Å²) in [6.45, 7) is 4.25. The van der Waals surface area contributed by atoms with Crippen LogP contribution >= 0.6 is 23.2 Å². The van der Waals surface area contributed by atoms with Crippen molar-refractivity contribution in [2.24, 2.45) is 0 Å². The number of carboxylic acid groups (broad SMARTS) is 1. The summed E-state index contributed by atoms with van der Waals surface area (Å²) < 4.78 is 5.50. The van der Waals surface area contributed by atoms with E-state index in [9.17, 15) is 4.79 Å². The van der Waals surface area contributed by atoms with Crippen molar-refractivity contribution in [3.05, 3.63) is 27.7 Å². The predicted octanol–water partition coefficient (Wildman–Crippen LogP) is 4.36. The number of halogens is 2. The first-order valence-corrected chi connectivity index (χ1v) is 6.58. The van der Waals surface area contributed by atoms with Gasteiger partial charge in [-0.05, 0) is 31.4 Å². The fourth-order valence-corrected chi connectivity index (χ4v) is 2.43. The van der Waals surface area contributed by atoms with Crippen molar-refractivity contribution in [2.45, 2.75) is 32.6 Å².